The van der Waals surface area contributed by atoms with E-state index >= 15 is 0 Å². The molecule has 0 bridgehead atoms. The number of benzene rings is 2. The van der Waals surface area contributed by atoms with Gasteiger partial charge in [0.05, 0.1) is 17.2 Å². The van der Waals surface area contributed by atoms with Crippen LogP contribution in [0.1, 0.15) is 16.1 Å². The first-order chi connectivity index (χ1) is 16.2. The highest BCUT2D eigenvalue weighted by molar-refractivity contribution is 7.99. The molecule has 0 saturated heterocycles. The van der Waals surface area contributed by atoms with Crippen LogP contribution in [0.3, 0.4) is 0 Å². The number of halogens is 4. The second kappa shape index (κ2) is 11.2. The van der Waals surface area contributed by atoms with E-state index in [4.69, 9.17) is 16.7 Å². The number of rotatable bonds is 7. The summed E-state index contributed by atoms with van der Waals surface area (Å²) in [5, 5.41) is 16.2. The summed E-state index contributed by atoms with van der Waals surface area (Å²) in [5.74, 6) is -0.457. The van der Waals surface area contributed by atoms with Crippen LogP contribution in [0.15, 0.2) is 64.8 Å². The van der Waals surface area contributed by atoms with Gasteiger partial charge in [-0.3, -0.25) is 4.79 Å². The summed E-state index contributed by atoms with van der Waals surface area (Å²) in [6.45, 7) is -0.109. The van der Waals surface area contributed by atoms with Crippen molar-refractivity contribution in [1.29, 1.82) is 0 Å². The fraction of sp³-hybridized carbons (Fsp3) is 0.143. The lowest BCUT2D eigenvalue weighted by atomic mass is 10.2. The van der Waals surface area contributed by atoms with E-state index in [0.717, 1.165) is 12.1 Å². The highest BCUT2D eigenvalue weighted by atomic mass is 35.5. The molecule has 2 aromatic carbocycles. The van der Waals surface area contributed by atoms with Gasteiger partial charge >= 0.3 is 12.2 Å². The van der Waals surface area contributed by atoms with Crippen molar-refractivity contribution in [2.75, 3.05) is 23.8 Å². The average Bonchev–Trinajstić information content (AvgIpc) is 2.78. The minimum Gasteiger partial charge on any atom is -0.395 e. The predicted octanol–water partition coefficient (Wildman–Crippen LogP) is 4.67. The highest BCUT2D eigenvalue weighted by Crippen LogP contribution is 2.36. The Hall–Kier alpha value is -3.35. The summed E-state index contributed by atoms with van der Waals surface area (Å²) in [6, 6.07) is 10.4. The van der Waals surface area contributed by atoms with Crippen LogP contribution in [0.25, 0.3) is 0 Å². The van der Waals surface area contributed by atoms with Gasteiger partial charge in [-0.25, -0.2) is 14.8 Å². The minimum absolute atomic E-state index is 0.0762. The van der Waals surface area contributed by atoms with Crippen LogP contribution in [0.4, 0.5) is 29.3 Å². The maximum absolute atomic E-state index is 13.0. The van der Waals surface area contributed by atoms with Crippen molar-refractivity contribution in [2.45, 2.75) is 16.1 Å². The van der Waals surface area contributed by atoms with Gasteiger partial charge in [0.1, 0.15) is 17.0 Å². The molecule has 0 spiro atoms. The number of urea groups is 1. The van der Waals surface area contributed by atoms with Gasteiger partial charge < -0.3 is 21.1 Å². The van der Waals surface area contributed by atoms with Crippen LogP contribution in [0, 0.1) is 0 Å². The first-order valence-electron chi connectivity index (χ1n) is 9.59. The van der Waals surface area contributed by atoms with Crippen molar-refractivity contribution >= 4 is 46.7 Å². The Morgan fingerprint density at radius 2 is 1.76 bits per heavy atom. The maximum Gasteiger partial charge on any atom is 0.417 e. The quantitative estimate of drug-likeness (QED) is 0.343. The van der Waals surface area contributed by atoms with Crippen LogP contribution in [0.2, 0.25) is 5.02 Å². The van der Waals surface area contributed by atoms with Crippen LogP contribution in [-0.2, 0) is 6.18 Å². The fourth-order valence-corrected chi connectivity index (χ4v) is 3.72. The van der Waals surface area contributed by atoms with Crippen molar-refractivity contribution < 1.29 is 27.9 Å². The van der Waals surface area contributed by atoms with Gasteiger partial charge in [-0.2, -0.15) is 13.2 Å². The third-order valence-electron chi connectivity index (χ3n) is 4.12. The second-order valence-corrected chi connectivity index (χ2v) is 8.12. The lowest BCUT2D eigenvalue weighted by molar-refractivity contribution is -0.137. The van der Waals surface area contributed by atoms with Crippen molar-refractivity contribution in [3.63, 3.8) is 0 Å². The minimum atomic E-state index is -4.66. The van der Waals surface area contributed by atoms with Gasteiger partial charge in [0.25, 0.3) is 5.91 Å². The van der Waals surface area contributed by atoms with E-state index in [0.29, 0.717) is 15.6 Å². The van der Waals surface area contributed by atoms with Gasteiger partial charge in [0.15, 0.2) is 0 Å². The molecule has 3 amide bonds. The molecule has 0 radical (unpaired) electrons. The number of anilines is 2. The molecule has 1 heterocycles. The number of nitrogens with one attached hydrogen (secondary N) is 3. The molecule has 1 aromatic heterocycles. The Bertz CT molecular complexity index is 1200. The molecule has 0 saturated carbocycles. The molecule has 13 heteroatoms. The summed E-state index contributed by atoms with van der Waals surface area (Å²) in [5.41, 5.74) is -0.629. The Kier molecular flexibility index (Phi) is 8.31. The Balaban J connectivity index is 1.66. The van der Waals surface area contributed by atoms with Crippen LogP contribution in [0.5, 0.6) is 0 Å². The van der Waals surface area contributed by atoms with Crippen molar-refractivity contribution in [3.05, 3.63) is 71.1 Å². The van der Waals surface area contributed by atoms with Gasteiger partial charge in [-0.05, 0) is 36.4 Å². The van der Waals surface area contributed by atoms with Gasteiger partial charge in [-0.1, -0.05) is 29.4 Å². The number of aliphatic hydroxyl groups excluding tert-OH is 1. The molecule has 0 aliphatic heterocycles. The standard InChI is InChI=1S/C21H17ClF3N5O3S/c22-16-5-4-13(9-15(16)21(23,24)25)30-20(33)29-12-2-1-3-14(8-12)34-18-10-17(27-11-28-18)19(32)26-6-7-31/h1-5,8-11,31H,6-7H2,(H,26,32)(H2,29,30,33). The van der Waals surface area contributed by atoms with Crippen LogP contribution < -0.4 is 16.0 Å². The molecular formula is C21H17ClF3N5O3S. The Labute approximate surface area is 200 Å². The predicted molar refractivity (Wildman–Crippen MR) is 121 cm³/mol. The molecule has 0 unspecified atom stereocenters. The summed E-state index contributed by atoms with van der Waals surface area (Å²) >= 11 is 6.79. The third kappa shape index (κ3) is 7.07. The number of aliphatic hydroxyl groups is 1. The van der Waals surface area contributed by atoms with E-state index in [2.05, 4.69) is 25.9 Å². The zero-order valence-electron chi connectivity index (χ0n) is 17.2. The molecule has 4 N–H and O–H groups in total. The number of amides is 3. The topological polar surface area (TPSA) is 116 Å². The van der Waals surface area contributed by atoms with Crippen LogP contribution in [-0.4, -0.2) is 40.2 Å². The van der Waals surface area contributed by atoms with E-state index in [9.17, 15) is 22.8 Å². The van der Waals surface area contributed by atoms with Crippen molar-refractivity contribution in [2.24, 2.45) is 0 Å². The normalized spacial score (nSPS) is 11.1. The summed E-state index contributed by atoms with van der Waals surface area (Å²) in [6.07, 6.45) is -3.43. The number of hydrogen-bond donors (Lipinski definition) is 4. The largest absolute Gasteiger partial charge is 0.417 e. The zero-order chi connectivity index (χ0) is 24.7. The Morgan fingerprint density at radius 1 is 1.03 bits per heavy atom. The number of aromatic nitrogens is 2. The lowest BCUT2D eigenvalue weighted by Gasteiger charge is -2.12. The average molecular weight is 512 g/mol. The third-order valence-corrected chi connectivity index (χ3v) is 5.37. The number of carbonyl (C=O) groups is 2. The molecule has 0 fully saturated rings. The molecule has 8 nitrogen and oxygen atoms in total. The first-order valence-corrected chi connectivity index (χ1v) is 10.8. The van der Waals surface area contributed by atoms with Crippen molar-refractivity contribution in [1.82, 2.24) is 15.3 Å². The summed E-state index contributed by atoms with van der Waals surface area (Å²) in [4.78, 5) is 32.9. The first kappa shape index (κ1) is 25.3. The van der Waals surface area contributed by atoms with Gasteiger partial charge in [0, 0.05) is 28.9 Å². The SMILES string of the molecule is O=C(Nc1cccc(Sc2cc(C(=O)NCCO)ncn2)c1)Nc1ccc(Cl)c(C(F)(F)F)c1. The number of nitrogens with zero attached hydrogens (tertiary/aromatic N) is 2. The maximum atomic E-state index is 13.0. The molecule has 3 rings (SSSR count). The molecule has 0 atom stereocenters. The van der Waals surface area contributed by atoms with E-state index in [1.807, 2.05) is 0 Å². The van der Waals surface area contributed by atoms with Gasteiger partial charge in [0.2, 0.25) is 0 Å². The smallest absolute Gasteiger partial charge is 0.395 e. The molecule has 3 aromatic rings. The van der Waals surface area contributed by atoms with E-state index in [1.165, 1.54) is 30.2 Å². The zero-order valence-corrected chi connectivity index (χ0v) is 18.8. The van der Waals surface area contributed by atoms with E-state index < -0.39 is 28.7 Å². The molecule has 0 aliphatic carbocycles. The van der Waals surface area contributed by atoms with Crippen molar-refractivity contribution in [3.8, 4) is 0 Å². The highest BCUT2D eigenvalue weighted by Gasteiger charge is 2.33. The second-order valence-electron chi connectivity index (χ2n) is 6.62. The fourth-order valence-electron chi connectivity index (χ4n) is 2.65. The number of carbonyl (C=O) groups excluding carboxylic acids is 2. The molecule has 34 heavy (non-hydrogen) atoms. The summed E-state index contributed by atoms with van der Waals surface area (Å²) < 4.78 is 39.0. The lowest BCUT2D eigenvalue weighted by Crippen LogP contribution is -2.27. The van der Waals surface area contributed by atoms with E-state index in [-0.39, 0.29) is 24.5 Å². The molecule has 0 aliphatic rings. The van der Waals surface area contributed by atoms with Gasteiger partial charge in [-0.15, -0.1) is 0 Å². The Morgan fingerprint density at radius 3 is 2.47 bits per heavy atom. The summed E-state index contributed by atoms with van der Waals surface area (Å²) in [7, 11) is 0. The monoisotopic (exact) mass is 511 g/mol. The molecule has 178 valence electrons. The van der Waals surface area contributed by atoms with E-state index in [1.54, 1.807) is 24.3 Å². The number of hydrogen-bond acceptors (Lipinski definition) is 6. The number of alkyl halides is 3. The molecular weight excluding hydrogens is 495 g/mol. The van der Waals surface area contributed by atoms with Crippen LogP contribution >= 0.6 is 23.4 Å².